The van der Waals surface area contributed by atoms with Crippen molar-refractivity contribution in [2.24, 2.45) is 0 Å². The van der Waals surface area contributed by atoms with Crippen LogP contribution >= 0.6 is 0 Å². The fraction of sp³-hybridized carbons (Fsp3) is 0.333. The van der Waals surface area contributed by atoms with Gasteiger partial charge in [-0.1, -0.05) is 24.3 Å². The predicted molar refractivity (Wildman–Crippen MR) is 103 cm³/mol. The van der Waals surface area contributed by atoms with E-state index in [1.165, 1.54) is 12.1 Å². The number of hydrogen-bond donors (Lipinski definition) is 2. The fourth-order valence-electron chi connectivity index (χ4n) is 2.93. The molecule has 1 aliphatic rings. The van der Waals surface area contributed by atoms with Gasteiger partial charge in [0, 0.05) is 18.7 Å². The van der Waals surface area contributed by atoms with Crippen LogP contribution in [-0.4, -0.2) is 54.4 Å². The maximum absolute atomic E-state index is 12.4. The van der Waals surface area contributed by atoms with E-state index >= 15 is 0 Å². The zero-order chi connectivity index (χ0) is 19.9. The largest absolute Gasteiger partial charge is 0.508 e. The highest BCUT2D eigenvalue weighted by Crippen LogP contribution is 2.12. The second-order valence-electron chi connectivity index (χ2n) is 6.68. The lowest BCUT2D eigenvalue weighted by molar-refractivity contribution is -0.0264. The van der Waals surface area contributed by atoms with E-state index in [2.05, 4.69) is 5.32 Å². The van der Waals surface area contributed by atoms with Crippen LogP contribution in [0.15, 0.2) is 48.5 Å². The molecule has 1 unspecified atom stereocenters. The van der Waals surface area contributed by atoms with Gasteiger partial charge in [-0.3, -0.25) is 4.79 Å². The molecule has 1 saturated heterocycles. The Kier molecular flexibility index (Phi) is 6.49. The van der Waals surface area contributed by atoms with Crippen LogP contribution < -0.4 is 5.32 Å². The summed E-state index contributed by atoms with van der Waals surface area (Å²) >= 11 is 0. The average Bonchev–Trinajstić information content (AvgIpc) is 2.72. The number of amides is 2. The molecule has 0 spiro atoms. The van der Waals surface area contributed by atoms with Crippen LogP contribution in [0.2, 0.25) is 0 Å². The van der Waals surface area contributed by atoms with Crippen molar-refractivity contribution < 1.29 is 24.2 Å². The molecule has 148 valence electrons. The average molecular weight is 384 g/mol. The molecule has 1 fully saturated rings. The Morgan fingerprint density at radius 3 is 2.71 bits per heavy atom. The first-order chi connectivity index (χ1) is 13.5. The van der Waals surface area contributed by atoms with E-state index in [1.54, 1.807) is 17.0 Å². The molecule has 0 aromatic heterocycles. The van der Waals surface area contributed by atoms with Gasteiger partial charge in [-0.2, -0.15) is 0 Å². The number of hydrogen-bond acceptors (Lipinski definition) is 5. The van der Waals surface area contributed by atoms with Crippen LogP contribution in [0.1, 0.15) is 21.5 Å². The van der Waals surface area contributed by atoms with Crippen molar-refractivity contribution in [3.63, 3.8) is 0 Å². The van der Waals surface area contributed by atoms with Crippen LogP contribution in [-0.2, 0) is 16.1 Å². The van der Waals surface area contributed by atoms with Crippen molar-refractivity contribution in [3.05, 3.63) is 65.2 Å². The lowest BCUT2D eigenvalue weighted by Gasteiger charge is -2.32. The number of aromatic hydroxyl groups is 1. The van der Waals surface area contributed by atoms with Gasteiger partial charge >= 0.3 is 6.09 Å². The van der Waals surface area contributed by atoms with Gasteiger partial charge in [-0.15, -0.1) is 0 Å². The van der Waals surface area contributed by atoms with Gasteiger partial charge in [-0.05, 0) is 42.3 Å². The maximum Gasteiger partial charge on any atom is 0.410 e. The second kappa shape index (κ2) is 9.23. The summed E-state index contributed by atoms with van der Waals surface area (Å²) in [6.45, 7) is 3.67. The van der Waals surface area contributed by atoms with Crippen LogP contribution in [0.5, 0.6) is 5.75 Å². The first kappa shape index (κ1) is 19.7. The zero-order valence-corrected chi connectivity index (χ0v) is 15.8. The number of ether oxygens (including phenoxy) is 2. The molecule has 2 aromatic carbocycles. The Labute approximate surface area is 163 Å². The van der Waals surface area contributed by atoms with Crippen LogP contribution in [0.3, 0.4) is 0 Å². The highest BCUT2D eigenvalue weighted by atomic mass is 16.6. The smallest absolute Gasteiger partial charge is 0.410 e. The van der Waals surface area contributed by atoms with E-state index in [9.17, 15) is 14.7 Å². The molecule has 1 heterocycles. The van der Waals surface area contributed by atoms with Crippen molar-refractivity contribution in [1.29, 1.82) is 0 Å². The maximum atomic E-state index is 12.4. The molecule has 7 nitrogen and oxygen atoms in total. The number of carbonyl (C=O) groups is 2. The van der Waals surface area contributed by atoms with E-state index in [4.69, 9.17) is 9.47 Å². The van der Waals surface area contributed by atoms with Gasteiger partial charge < -0.3 is 24.8 Å². The number of carbonyl (C=O) groups excluding carboxylic acids is 2. The Bertz CT molecular complexity index is 822. The van der Waals surface area contributed by atoms with Gasteiger partial charge in [0.15, 0.2) is 0 Å². The Morgan fingerprint density at radius 1 is 1.21 bits per heavy atom. The SMILES string of the molecule is Cc1ccccc1COC(=O)N1CCOC(CNC(=O)c2ccc(O)cc2)C1. The molecule has 7 heteroatoms. The third-order valence-corrected chi connectivity index (χ3v) is 4.63. The molecule has 1 aliphatic heterocycles. The summed E-state index contributed by atoms with van der Waals surface area (Å²) in [5.41, 5.74) is 2.50. The summed E-state index contributed by atoms with van der Waals surface area (Å²) in [5, 5.41) is 12.1. The molecule has 0 aliphatic carbocycles. The highest BCUT2D eigenvalue weighted by Gasteiger charge is 2.25. The van der Waals surface area contributed by atoms with E-state index in [0.29, 0.717) is 25.3 Å². The summed E-state index contributed by atoms with van der Waals surface area (Å²) in [6.07, 6.45) is -0.692. The normalized spacial score (nSPS) is 16.5. The molecular formula is C21H24N2O5. The number of benzene rings is 2. The number of morpholine rings is 1. The van der Waals surface area contributed by atoms with Crippen molar-refractivity contribution in [1.82, 2.24) is 10.2 Å². The van der Waals surface area contributed by atoms with Crippen molar-refractivity contribution >= 4 is 12.0 Å². The summed E-state index contributed by atoms with van der Waals surface area (Å²) in [4.78, 5) is 26.1. The minimum absolute atomic E-state index is 0.104. The highest BCUT2D eigenvalue weighted by molar-refractivity contribution is 5.94. The fourth-order valence-corrected chi connectivity index (χ4v) is 2.93. The van der Waals surface area contributed by atoms with E-state index in [0.717, 1.165) is 11.1 Å². The number of aryl methyl sites for hydroxylation is 1. The zero-order valence-electron chi connectivity index (χ0n) is 15.8. The first-order valence-corrected chi connectivity index (χ1v) is 9.18. The summed E-state index contributed by atoms with van der Waals surface area (Å²) in [7, 11) is 0. The minimum Gasteiger partial charge on any atom is -0.508 e. The molecule has 0 bridgehead atoms. The molecule has 2 amide bonds. The molecular weight excluding hydrogens is 360 g/mol. The van der Waals surface area contributed by atoms with Crippen molar-refractivity contribution in [3.8, 4) is 5.75 Å². The molecule has 3 rings (SSSR count). The number of phenolic OH excluding ortho intramolecular Hbond substituents is 1. The molecule has 1 atom stereocenters. The van der Waals surface area contributed by atoms with Crippen LogP contribution in [0, 0.1) is 6.92 Å². The lowest BCUT2D eigenvalue weighted by Crippen LogP contribution is -2.49. The van der Waals surface area contributed by atoms with Crippen molar-refractivity contribution in [2.45, 2.75) is 19.6 Å². The summed E-state index contributed by atoms with van der Waals surface area (Å²) in [6, 6.07) is 13.8. The molecule has 2 N–H and O–H groups in total. The van der Waals surface area contributed by atoms with Gasteiger partial charge in [0.05, 0.1) is 19.3 Å². The second-order valence-corrected chi connectivity index (χ2v) is 6.68. The number of nitrogens with zero attached hydrogens (tertiary/aromatic N) is 1. The topological polar surface area (TPSA) is 88.1 Å². The lowest BCUT2D eigenvalue weighted by atomic mass is 10.1. The molecule has 28 heavy (non-hydrogen) atoms. The van der Waals surface area contributed by atoms with E-state index < -0.39 is 0 Å². The number of phenols is 1. The Balaban J connectivity index is 1.46. The minimum atomic E-state index is -0.388. The molecule has 0 radical (unpaired) electrons. The van der Waals surface area contributed by atoms with Gasteiger partial charge in [0.25, 0.3) is 5.91 Å². The molecule has 2 aromatic rings. The third-order valence-electron chi connectivity index (χ3n) is 4.63. The van der Waals surface area contributed by atoms with Crippen LogP contribution in [0.4, 0.5) is 4.79 Å². The Morgan fingerprint density at radius 2 is 1.96 bits per heavy atom. The monoisotopic (exact) mass is 384 g/mol. The summed E-state index contributed by atoms with van der Waals surface area (Å²) < 4.78 is 11.1. The first-order valence-electron chi connectivity index (χ1n) is 9.18. The van der Waals surface area contributed by atoms with E-state index in [-0.39, 0.29) is 37.0 Å². The number of rotatable bonds is 5. The molecule has 0 saturated carbocycles. The predicted octanol–water partition coefficient (Wildman–Crippen LogP) is 2.47. The van der Waals surface area contributed by atoms with Crippen LogP contribution in [0.25, 0.3) is 0 Å². The van der Waals surface area contributed by atoms with E-state index in [1.807, 2.05) is 31.2 Å². The quantitative estimate of drug-likeness (QED) is 0.827. The van der Waals surface area contributed by atoms with Gasteiger partial charge in [0.2, 0.25) is 0 Å². The van der Waals surface area contributed by atoms with Crippen molar-refractivity contribution in [2.75, 3.05) is 26.2 Å². The van der Waals surface area contributed by atoms with Gasteiger partial charge in [0.1, 0.15) is 12.4 Å². The van der Waals surface area contributed by atoms with Gasteiger partial charge in [-0.25, -0.2) is 4.79 Å². The summed E-state index contributed by atoms with van der Waals surface area (Å²) in [5.74, 6) is -0.158. The third kappa shape index (κ3) is 5.23. The Hall–Kier alpha value is -3.06. The standard InChI is InChI=1S/C21H24N2O5/c1-15-4-2-3-5-17(15)14-28-21(26)23-10-11-27-19(13-23)12-22-20(25)16-6-8-18(24)9-7-16/h2-9,19,24H,10-14H2,1H3,(H,22,25). The number of nitrogens with one attached hydrogen (secondary N) is 1.